The summed E-state index contributed by atoms with van der Waals surface area (Å²) in [6, 6.07) is 0.532. The highest BCUT2D eigenvalue weighted by molar-refractivity contribution is 5.59. The van der Waals surface area contributed by atoms with Gasteiger partial charge in [-0.2, -0.15) is 0 Å². The molecule has 1 aromatic heterocycles. The maximum Gasteiger partial charge on any atom is 0.148 e. The summed E-state index contributed by atoms with van der Waals surface area (Å²) in [4.78, 5) is 11.9. The predicted octanol–water partition coefficient (Wildman–Crippen LogP) is 2.57. The molecule has 0 amide bonds. The van der Waals surface area contributed by atoms with E-state index in [-0.39, 0.29) is 0 Å². The summed E-state index contributed by atoms with van der Waals surface area (Å²) in [5, 5.41) is 0. The van der Waals surface area contributed by atoms with Crippen LogP contribution < -0.4 is 16.2 Å². The second-order valence-electron chi connectivity index (χ2n) is 6.47. The van der Waals surface area contributed by atoms with Gasteiger partial charge in [0.25, 0.3) is 0 Å². The Kier molecular flexibility index (Phi) is 3.54. The lowest BCUT2D eigenvalue weighted by molar-refractivity contribution is 0.375. The fourth-order valence-corrected chi connectivity index (χ4v) is 3.19. The molecule has 0 radical (unpaired) electrons. The second kappa shape index (κ2) is 5.20. The molecule has 1 saturated heterocycles. The van der Waals surface area contributed by atoms with E-state index in [0.717, 1.165) is 35.5 Å². The van der Waals surface area contributed by atoms with Gasteiger partial charge in [-0.1, -0.05) is 6.92 Å². The molecule has 1 aromatic rings. The monoisotopic (exact) mass is 275 g/mol. The predicted molar refractivity (Wildman–Crippen MR) is 81.8 cm³/mol. The Morgan fingerprint density at radius 1 is 1.20 bits per heavy atom. The van der Waals surface area contributed by atoms with E-state index >= 15 is 0 Å². The number of anilines is 2. The van der Waals surface area contributed by atoms with Gasteiger partial charge in [0.2, 0.25) is 0 Å². The second-order valence-corrected chi connectivity index (χ2v) is 6.47. The Balaban J connectivity index is 1.96. The fourth-order valence-electron chi connectivity index (χ4n) is 3.19. The Bertz CT molecular complexity index is 497. The van der Waals surface area contributed by atoms with Gasteiger partial charge in [-0.3, -0.25) is 0 Å². The van der Waals surface area contributed by atoms with Crippen LogP contribution in [0, 0.1) is 12.8 Å². The smallest absolute Gasteiger partial charge is 0.148 e. The highest BCUT2D eigenvalue weighted by Crippen LogP contribution is 2.40. The molecule has 1 aliphatic carbocycles. The Morgan fingerprint density at radius 2 is 1.95 bits per heavy atom. The van der Waals surface area contributed by atoms with Gasteiger partial charge in [0, 0.05) is 24.1 Å². The average molecular weight is 275 g/mol. The van der Waals surface area contributed by atoms with Gasteiger partial charge >= 0.3 is 0 Å². The summed E-state index contributed by atoms with van der Waals surface area (Å²) in [6.45, 7) is 7.77. The van der Waals surface area contributed by atoms with Gasteiger partial charge in [0.1, 0.15) is 17.5 Å². The van der Waals surface area contributed by atoms with Crippen molar-refractivity contribution in [3.8, 4) is 0 Å². The van der Waals surface area contributed by atoms with Crippen LogP contribution in [0.15, 0.2) is 0 Å². The van der Waals surface area contributed by atoms with E-state index in [1.165, 1.54) is 25.7 Å². The molecule has 2 atom stereocenters. The number of aromatic nitrogens is 2. The molecule has 5 heteroatoms. The van der Waals surface area contributed by atoms with Crippen molar-refractivity contribution in [2.24, 2.45) is 11.8 Å². The first-order valence-electron chi connectivity index (χ1n) is 7.72. The normalized spacial score (nSPS) is 26.7. The number of nitrogens with two attached hydrogens (primary N) is 1. The molecule has 0 bridgehead atoms. The molecule has 2 fully saturated rings. The van der Waals surface area contributed by atoms with Crippen molar-refractivity contribution in [2.45, 2.75) is 58.4 Å². The molecule has 5 nitrogen and oxygen atoms in total. The van der Waals surface area contributed by atoms with Gasteiger partial charge in [-0.15, -0.1) is 0 Å². The minimum absolute atomic E-state index is 0.532. The summed E-state index contributed by atoms with van der Waals surface area (Å²) in [7, 11) is 0. The maximum absolute atomic E-state index is 5.64. The average Bonchev–Trinajstić information content (AvgIpc) is 3.24. The zero-order chi connectivity index (χ0) is 14.3. The standard InChI is InChI=1S/C15H25N5/c1-9-6-7-20(10(2)8-9)15-11(3)13(19-16)17-14(18-15)12-4-5-12/h9-10,12H,4-8,16H2,1-3H3,(H,17,18,19). The van der Waals surface area contributed by atoms with Crippen LogP contribution in [-0.4, -0.2) is 22.6 Å². The van der Waals surface area contributed by atoms with E-state index in [1.807, 2.05) is 0 Å². The number of hydrogen-bond acceptors (Lipinski definition) is 5. The van der Waals surface area contributed by atoms with Gasteiger partial charge in [-0.25, -0.2) is 15.8 Å². The van der Waals surface area contributed by atoms with Crippen LogP contribution >= 0.6 is 0 Å². The lowest BCUT2D eigenvalue weighted by Gasteiger charge is -2.38. The van der Waals surface area contributed by atoms with E-state index in [4.69, 9.17) is 10.8 Å². The maximum atomic E-state index is 5.64. The number of rotatable bonds is 3. The largest absolute Gasteiger partial charge is 0.353 e. The van der Waals surface area contributed by atoms with Crippen LogP contribution in [0.4, 0.5) is 11.6 Å². The highest BCUT2D eigenvalue weighted by Gasteiger charge is 2.31. The van der Waals surface area contributed by atoms with Crippen LogP contribution in [0.2, 0.25) is 0 Å². The third-order valence-corrected chi connectivity index (χ3v) is 4.63. The molecule has 2 unspecified atom stereocenters. The summed E-state index contributed by atoms with van der Waals surface area (Å²) >= 11 is 0. The minimum Gasteiger partial charge on any atom is -0.353 e. The first-order chi connectivity index (χ1) is 9.60. The summed E-state index contributed by atoms with van der Waals surface area (Å²) < 4.78 is 0. The number of hydrazine groups is 1. The topological polar surface area (TPSA) is 67.1 Å². The first-order valence-corrected chi connectivity index (χ1v) is 7.72. The van der Waals surface area contributed by atoms with Crippen molar-refractivity contribution in [2.75, 3.05) is 16.9 Å². The van der Waals surface area contributed by atoms with E-state index in [0.29, 0.717) is 12.0 Å². The molecule has 0 spiro atoms. The van der Waals surface area contributed by atoms with E-state index in [9.17, 15) is 0 Å². The Labute approximate surface area is 120 Å². The molecule has 110 valence electrons. The Hall–Kier alpha value is -1.36. The van der Waals surface area contributed by atoms with Crippen molar-refractivity contribution in [3.05, 3.63) is 11.4 Å². The zero-order valence-corrected chi connectivity index (χ0v) is 12.7. The molecule has 1 aliphatic heterocycles. The van der Waals surface area contributed by atoms with Gasteiger partial charge in [0.05, 0.1) is 0 Å². The lowest BCUT2D eigenvalue weighted by Crippen LogP contribution is -2.41. The van der Waals surface area contributed by atoms with Gasteiger partial charge < -0.3 is 10.3 Å². The van der Waals surface area contributed by atoms with Crippen LogP contribution in [0.5, 0.6) is 0 Å². The van der Waals surface area contributed by atoms with E-state index < -0.39 is 0 Å². The van der Waals surface area contributed by atoms with Crippen molar-refractivity contribution in [1.29, 1.82) is 0 Å². The van der Waals surface area contributed by atoms with E-state index in [2.05, 4.69) is 36.1 Å². The van der Waals surface area contributed by atoms with Crippen LogP contribution in [0.3, 0.4) is 0 Å². The number of nitrogens with zero attached hydrogens (tertiary/aromatic N) is 3. The minimum atomic E-state index is 0.532. The number of nitrogens with one attached hydrogen (secondary N) is 1. The van der Waals surface area contributed by atoms with Gasteiger partial charge in [-0.05, 0) is 45.4 Å². The molecule has 2 heterocycles. The SMILES string of the molecule is Cc1c(NN)nc(C2CC2)nc1N1CCC(C)CC1C. The summed E-state index contributed by atoms with van der Waals surface area (Å²) in [5.41, 5.74) is 3.81. The van der Waals surface area contributed by atoms with Crippen molar-refractivity contribution >= 4 is 11.6 Å². The molecule has 20 heavy (non-hydrogen) atoms. The number of piperidine rings is 1. The first kappa shape index (κ1) is 13.6. The van der Waals surface area contributed by atoms with Crippen LogP contribution in [0.1, 0.15) is 56.8 Å². The van der Waals surface area contributed by atoms with Crippen LogP contribution in [0.25, 0.3) is 0 Å². The third kappa shape index (κ3) is 2.46. The van der Waals surface area contributed by atoms with Crippen LogP contribution in [-0.2, 0) is 0 Å². The summed E-state index contributed by atoms with van der Waals surface area (Å²) in [6.07, 6.45) is 4.88. The quantitative estimate of drug-likeness (QED) is 0.655. The molecular weight excluding hydrogens is 250 g/mol. The molecule has 2 aliphatic rings. The fraction of sp³-hybridized carbons (Fsp3) is 0.733. The Morgan fingerprint density at radius 3 is 2.55 bits per heavy atom. The molecule has 3 N–H and O–H groups in total. The number of hydrogen-bond donors (Lipinski definition) is 2. The van der Waals surface area contributed by atoms with Gasteiger partial charge in [0.15, 0.2) is 0 Å². The van der Waals surface area contributed by atoms with Crippen molar-refractivity contribution in [3.63, 3.8) is 0 Å². The van der Waals surface area contributed by atoms with Crippen molar-refractivity contribution < 1.29 is 0 Å². The molecule has 0 aromatic carbocycles. The molecule has 3 rings (SSSR count). The lowest BCUT2D eigenvalue weighted by atomic mass is 9.93. The van der Waals surface area contributed by atoms with Crippen molar-refractivity contribution in [1.82, 2.24) is 9.97 Å². The summed E-state index contributed by atoms with van der Waals surface area (Å²) in [5.74, 6) is 9.80. The third-order valence-electron chi connectivity index (χ3n) is 4.63. The van der Waals surface area contributed by atoms with E-state index in [1.54, 1.807) is 0 Å². The number of nitrogen functional groups attached to an aromatic ring is 1. The zero-order valence-electron chi connectivity index (χ0n) is 12.7. The highest BCUT2D eigenvalue weighted by atomic mass is 15.3. The molecule has 1 saturated carbocycles. The molecular formula is C15H25N5.